The Labute approximate surface area is 135 Å². The highest BCUT2D eigenvalue weighted by molar-refractivity contribution is 5.92. The highest BCUT2D eigenvalue weighted by atomic mass is 16.3. The number of nitrogens with zero attached hydrogens (tertiary/aromatic N) is 4. The fourth-order valence-corrected chi connectivity index (χ4v) is 2.64. The first kappa shape index (κ1) is 15.7. The van der Waals surface area contributed by atoms with Crippen LogP contribution in [0.3, 0.4) is 0 Å². The molecule has 122 valence electrons. The number of unbranched alkanes of at least 4 members (excludes halogenated alkanes) is 1. The molecule has 2 aromatic rings. The van der Waals surface area contributed by atoms with Crippen molar-refractivity contribution in [1.29, 1.82) is 0 Å². The van der Waals surface area contributed by atoms with E-state index in [0.29, 0.717) is 24.7 Å². The fraction of sp³-hybridized carbons (Fsp3) is 0.471. The Hall–Kier alpha value is -2.21. The number of carbonyl (C=O) groups excluding carboxylic acids is 1. The van der Waals surface area contributed by atoms with Crippen LogP contribution in [0, 0.1) is 6.92 Å². The molecule has 3 rings (SSSR count). The summed E-state index contributed by atoms with van der Waals surface area (Å²) < 4.78 is 1.64. The molecule has 1 fully saturated rings. The SMILES string of the molecule is Cc1cccc(-n2cc(C(=O)N(CCCCO)C3CC3)nn2)c1. The first-order valence-electron chi connectivity index (χ1n) is 8.10. The Morgan fingerprint density at radius 1 is 1.39 bits per heavy atom. The lowest BCUT2D eigenvalue weighted by atomic mass is 10.2. The van der Waals surface area contributed by atoms with Gasteiger partial charge in [0.2, 0.25) is 0 Å². The third-order valence-electron chi connectivity index (χ3n) is 4.03. The van der Waals surface area contributed by atoms with E-state index in [4.69, 9.17) is 5.11 Å². The number of benzene rings is 1. The van der Waals surface area contributed by atoms with Crippen molar-refractivity contribution in [3.63, 3.8) is 0 Å². The van der Waals surface area contributed by atoms with Crippen LogP contribution in [-0.2, 0) is 0 Å². The Kier molecular flexibility index (Phi) is 4.71. The van der Waals surface area contributed by atoms with Gasteiger partial charge in [-0.15, -0.1) is 5.10 Å². The number of carbonyl (C=O) groups is 1. The van der Waals surface area contributed by atoms with Gasteiger partial charge < -0.3 is 10.0 Å². The van der Waals surface area contributed by atoms with E-state index in [9.17, 15) is 4.79 Å². The molecule has 6 heteroatoms. The van der Waals surface area contributed by atoms with E-state index >= 15 is 0 Å². The number of hydrogen-bond acceptors (Lipinski definition) is 4. The van der Waals surface area contributed by atoms with E-state index in [1.807, 2.05) is 36.1 Å². The van der Waals surface area contributed by atoms with Gasteiger partial charge >= 0.3 is 0 Å². The second kappa shape index (κ2) is 6.91. The number of aliphatic hydroxyl groups excluding tert-OH is 1. The van der Waals surface area contributed by atoms with Crippen molar-refractivity contribution in [2.75, 3.05) is 13.2 Å². The minimum Gasteiger partial charge on any atom is -0.396 e. The molecule has 6 nitrogen and oxygen atoms in total. The topological polar surface area (TPSA) is 71.2 Å². The maximum atomic E-state index is 12.7. The summed E-state index contributed by atoms with van der Waals surface area (Å²) in [6.07, 6.45) is 5.32. The normalized spacial score (nSPS) is 14.0. The Bertz CT molecular complexity index is 679. The fourth-order valence-electron chi connectivity index (χ4n) is 2.64. The quantitative estimate of drug-likeness (QED) is 0.793. The second-order valence-corrected chi connectivity index (χ2v) is 6.05. The third-order valence-corrected chi connectivity index (χ3v) is 4.03. The van der Waals surface area contributed by atoms with Gasteiger partial charge in [0.1, 0.15) is 0 Å². The van der Waals surface area contributed by atoms with Gasteiger partial charge in [-0.05, 0) is 50.3 Å². The van der Waals surface area contributed by atoms with Crippen LogP contribution >= 0.6 is 0 Å². The number of amides is 1. The summed E-state index contributed by atoms with van der Waals surface area (Å²) in [7, 11) is 0. The van der Waals surface area contributed by atoms with E-state index in [0.717, 1.165) is 30.5 Å². The van der Waals surface area contributed by atoms with Crippen molar-refractivity contribution in [2.45, 2.75) is 38.6 Å². The molecule has 0 radical (unpaired) electrons. The number of hydrogen-bond donors (Lipinski definition) is 1. The highest BCUT2D eigenvalue weighted by Crippen LogP contribution is 2.28. The molecule has 1 N–H and O–H groups in total. The third kappa shape index (κ3) is 3.76. The summed E-state index contributed by atoms with van der Waals surface area (Å²) >= 11 is 0. The van der Waals surface area contributed by atoms with Crippen molar-refractivity contribution in [1.82, 2.24) is 19.9 Å². The minimum atomic E-state index is -0.0654. The zero-order valence-electron chi connectivity index (χ0n) is 13.4. The number of aryl methyl sites for hydroxylation is 1. The maximum absolute atomic E-state index is 12.7. The van der Waals surface area contributed by atoms with Gasteiger partial charge in [0.15, 0.2) is 5.69 Å². The van der Waals surface area contributed by atoms with Crippen LogP contribution in [0.25, 0.3) is 5.69 Å². The van der Waals surface area contributed by atoms with Crippen molar-refractivity contribution >= 4 is 5.91 Å². The molecular weight excluding hydrogens is 292 g/mol. The summed E-state index contributed by atoms with van der Waals surface area (Å²) in [5.74, 6) is -0.0654. The first-order chi connectivity index (χ1) is 11.2. The number of aromatic nitrogens is 3. The van der Waals surface area contributed by atoms with Crippen LogP contribution in [0.2, 0.25) is 0 Å². The predicted octanol–water partition coefficient (Wildman–Crippen LogP) is 1.95. The van der Waals surface area contributed by atoms with Gasteiger partial charge in [-0.25, -0.2) is 4.68 Å². The van der Waals surface area contributed by atoms with Gasteiger partial charge in [0.25, 0.3) is 5.91 Å². The molecule has 0 saturated heterocycles. The molecule has 1 aliphatic carbocycles. The van der Waals surface area contributed by atoms with Gasteiger partial charge in [-0.2, -0.15) is 0 Å². The zero-order valence-corrected chi connectivity index (χ0v) is 13.4. The average Bonchev–Trinajstić information content (AvgIpc) is 3.26. The van der Waals surface area contributed by atoms with E-state index < -0.39 is 0 Å². The molecule has 23 heavy (non-hydrogen) atoms. The summed E-state index contributed by atoms with van der Waals surface area (Å²) in [5, 5.41) is 17.1. The van der Waals surface area contributed by atoms with Crippen LogP contribution in [0.5, 0.6) is 0 Å². The van der Waals surface area contributed by atoms with E-state index in [1.165, 1.54) is 0 Å². The predicted molar refractivity (Wildman–Crippen MR) is 86.5 cm³/mol. The molecule has 1 aromatic carbocycles. The lowest BCUT2D eigenvalue weighted by Gasteiger charge is -2.20. The molecular formula is C17H22N4O2. The van der Waals surface area contributed by atoms with Crippen LogP contribution < -0.4 is 0 Å². The van der Waals surface area contributed by atoms with Gasteiger partial charge in [-0.1, -0.05) is 17.3 Å². The maximum Gasteiger partial charge on any atom is 0.276 e. The monoisotopic (exact) mass is 314 g/mol. The number of aliphatic hydroxyl groups is 1. The van der Waals surface area contributed by atoms with E-state index in [2.05, 4.69) is 10.3 Å². The van der Waals surface area contributed by atoms with Crippen LogP contribution in [0.1, 0.15) is 41.7 Å². The van der Waals surface area contributed by atoms with Crippen LogP contribution in [-0.4, -0.2) is 50.1 Å². The van der Waals surface area contributed by atoms with Crippen LogP contribution in [0.15, 0.2) is 30.5 Å². The summed E-state index contributed by atoms with van der Waals surface area (Å²) in [6, 6.07) is 8.24. The summed E-state index contributed by atoms with van der Waals surface area (Å²) in [6.45, 7) is 2.85. The van der Waals surface area contributed by atoms with E-state index in [1.54, 1.807) is 10.9 Å². The molecule has 1 aromatic heterocycles. The van der Waals surface area contributed by atoms with E-state index in [-0.39, 0.29) is 12.5 Å². The first-order valence-corrected chi connectivity index (χ1v) is 8.10. The summed E-state index contributed by atoms with van der Waals surface area (Å²) in [4.78, 5) is 14.6. The minimum absolute atomic E-state index is 0.0654. The Morgan fingerprint density at radius 2 is 2.22 bits per heavy atom. The molecule has 0 spiro atoms. The van der Waals surface area contributed by atoms with Gasteiger partial charge in [0.05, 0.1) is 11.9 Å². The molecule has 1 heterocycles. The van der Waals surface area contributed by atoms with Crippen molar-refractivity contribution < 1.29 is 9.90 Å². The highest BCUT2D eigenvalue weighted by Gasteiger charge is 2.33. The largest absolute Gasteiger partial charge is 0.396 e. The van der Waals surface area contributed by atoms with Crippen molar-refractivity contribution in [3.05, 3.63) is 41.7 Å². The molecule has 1 aliphatic rings. The molecule has 0 aliphatic heterocycles. The molecule has 0 atom stereocenters. The van der Waals surface area contributed by atoms with Crippen molar-refractivity contribution in [2.24, 2.45) is 0 Å². The lowest BCUT2D eigenvalue weighted by molar-refractivity contribution is 0.0731. The molecule has 1 amide bonds. The molecule has 0 bridgehead atoms. The lowest BCUT2D eigenvalue weighted by Crippen LogP contribution is -2.34. The standard InChI is InChI=1S/C17H22N4O2/c1-13-5-4-6-15(11-13)21-12-16(18-19-21)17(23)20(14-7-8-14)9-2-3-10-22/h4-6,11-12,14,22H,2-3,7-10H2,1H3. The smallest absolute Gasteiger partial charge is 0.276 e. The Morgan fingerprint density at radius 3 is 2.91 bits per heavy atom. The zero-order chi connectivity index (χ0) is 16.2. The van der Waals surface area contributed by atoms with Gasteiger partial charge in [0, 0.05) is 19.2 Å². The van der Waals surface area contributed by atoms with Crippen molar-refractivity contribution in [3.8, 4) is 5.69 Å². The van der Waals surface area contributed by atoms with Crippen LogP contribution in [0.4, 0.5) is 0 Å². The van der Waals surface area contributed by atoms with Gasteiger partial charge in [-0.3, -0.25) is 4.79 Å². The molecule has 0 unspecified atom stereocenters. The summed E-state index contributed by atoms with van der Waals surface area (Å²) in [5.41, 5.74) is 2.41. The Balaban J connectivity index is 1.74. The average molecular weight is 314 g/mol. The molecule has 1 saturated carbocycles. The second-order valence-electron chi connectivity index (χ2n) is 6.05. The number of rotatable bonds is 7.